The highest BCUT2D eigenvalue weighted by atomic mass is 16.5. The van der Waals surface area contributed by atoms with E-state index in [1.165, 1.54) is 11.1 Å². The second kappa shape index (κ2) is 9.22. The van der Waals surface area contributed by atoms with Crippen LogP contribution in [0.3, 0.4) is 0 Å². The highest BCUT2D eigenvalue weighted by Gasteiger charge is 2.27. The number of ether oxygens (including phenoxy) is 1. The van der Waals surface area contributed by atoms with E-state index in [1.807, 2.05) is 6.92 Å². The van der Waals surface area contributed by atoms with E-state index in [4.69, 9.17) is 11.2 Å². The molecule has 2 atom stereocenters. The quantitative estimate of drug-likeness (QED) is 0.499. The van der Waals surface area contributed by atoms with Crippen LogP contribution < -0.4 is 10.6 Å². The van der Waals surface area contributed by atoms with Gasteiger partial charge < -0.3 is 15.4 Å². The fraction of sp³-hybridized carbons (Fsp3) is 0.526. The van der Waals surface area contributed by atoms with Gasteiger partial charge in [0, 0.05) is 25.6 Å². The Balaban J connectivity index is 2.05. The van der Waals surface area contributed by atoms with Crippen LogP contribution in [-0.2, 0) is 4.74 Å². The van der Waals surface area contributed by atoms with Crippen molar-refractivity contribution in [2.75, 3.05) is 26.2 Å². The average molecular weight is 313 g/mol. The number of terminal acetylenes is 1. The lowest BCUT2D eigenvalue weighted by Crippen LogP contribution is -2.38. The maximum Gasteiger partial charge on any atom is 0.192 e. The van der Waals surface area contributed by atoms with E-state index in [-0.39, 0.29) is 6.10 Å². The van der Waals surface area contributed by atoms with Crippen molar-refractivity contribution in [3.8, 4) is 12.3 Å². The summed E-state index contributed by atoms with van der Waals surface area (Å²) in [6.07, 6.45) is 7.66. The molecule has 124 valence electrons. The minimum absolute atomic E-state index is 0.128. The number of hydrogen-bond acceptors (Lipinski definition) is 2. The molecule has 1 fully saturated rings. The van der Waals surface area contributed by atoms with E-state index in [0.717, 1.165) is 38.5 Å². The van der Waals surface area contributed by atoms with E-state index in [0.29, 0.717) is 12.5 Å². The van der Waals surface area contributed by atoms with Crippen molar-refractivity contribution in [1.29, 1.82) is 0 Å². The number of aliphatic imine (C=N–C) groups is 1. The Hall–Kier alpha value is -1.99. The van der Waals surface area contributed by atoms with Crippen molar-refractivity contribution in [2.45, 2.75) is 32.8 Å². The number of nitrogens with one attached hydrogen (secondary N) is 2. The van der Waals surface area contributed by atoms with E-state index in [2.05, 4.69) is 52.7 Å². The van der Waals surface area contributed by atoms with Crippen molar-refractivity contribution >= 4 is 5.96 Å². The Morgan fingerprint density at radius 1 is 1.35 bits per heavy atom. The molecule has 1 aliphatic rings. The first-order chi connectivity index (χ1) is 11.2. The van der Waals surface area contributed by atoms with Crippen LogP contribution in [-0.4, -0.2) is 32.2 Å². The largest absolute Gasteiger partial charge is 0.373 e. The van der Waals surface area contributed by atoms with Gasteiger partial charge in [-0.15, -0.1) is 6.42 Å². The normalized spacial score (nSPS) is 21.5. The molecule has 4 nitrogen and oxygen atoms in total. The lowest BCUT2D eigenvalue weighted by molar-refractivity contribution is -0.0250. The second-order valence-electron chi connectivity index (χ2n) is 5.88. The number of guanidine groups is 1. The zero-order valence-corrected chi connectivity index (χ0v) is 14.1. The Morgan fingerprint density at radius 3 is 2.83 bits per heavy atom. The molecule has 0 aromatic heterocycles. The molecule has 0 aliphatic carbocycles. The Labute approximate surface area is 139 Å². The zero-order valence-electron chi connectivity index (χ0n) is 14.1. The second-order valence-corrected chi connectivity index (χ2v) is 5.88. The molecule has 0 bridgehead atoms. The molecule has 1 aromatic carbocycles. The van der Waals surface area contributed by atoms with Gasteiger partial charge in [0.1, 0.15) is 0 Å². The first-order valence-electron chi connectivity index (χ1n) is 8.38. The molecule has 23 heavy (non-hydrogen) atoms. The minimum atomic E-state index is 0.128. The van der Waals surface area contributed by atoms with E-state index in [1.54, 1.807) is 0 Å². The topological polar surface area (TPSA) is 45.7 Å². The molecule has 1 heterocycles. The number of aryl methyl sites for hydroxylation is 1. The molecule has 4 heteroatoms. The Morgan fingerprint density at radius 2 is 2.13 bits per heavy atom. The number of benzene rings is 1. The van der Waals surface area contributed by atoms with E-state index < -0.39 is 0 Å². The molecule has 2 N–H and O–H groups in total. The summed E-state index contributed by atoms with van der Waals surface area (Å²) in [5, 5.41) is 6.36. The highest BCUT2D eigenvalue weighted by Crippen LogP contribution is 2.33. The van der Waals surface area contributed by atoms with Gasteiger partial charge in [-0.05, 0) is 32.3 Å². The minimum Gasteiger partial charge on any atom is -0.373 e. The van der Waals surface area contributed by atoms with Gasteiger partial charge in [-0.3, -0.25) is 4.99 Å². The third-order valence-electron chi connectivity index (χ3n) is 4.04. The highest BCUT2D eigenvalue weighted by molar-refractivity contribution is 5.79. The van der Waals surface area contributed by atoms with Crippen LogP contribution in [0, 0.1) is 25.2 Å². The molecule has 0 radical (unpaired) electrons. The average Bonchev–Trinajstić information content (AvgIpc) is 2.58. The van der Waals surface area contributed by atoms with Gasteiger partial charge in [0.25, 0.3) is 0 Å². The van der Waals surface area contributed by atoms with Gasteiger partial charge in [0.15, 0.2) is 5.96 Å². The fourth-order valence-corrected chi connectivity index (χ4v) is 2.84. The van der Waals surface area contributed by atoms with Gasteiger partial charge in [0.2, 0.25) is 0 Å². The van der Waals surface area contributed by atoms with Crippen molar-refractivity contribution in [3.05, 3.63) is 35.4 Å². The molecule has 1 aliphatic heterocycles. The van der Waals surface area contributed by atoms with Crippen molar-refractivity contribution in [3.63, 3.8) is 0 Å². The zero-order chi connectivity index (χ0) is 16.5. The first-order valence-corrected chi connectivity index (χ1v) is 8.38. The molecule has 2 unspecified atom stereocenters. The number of nitrogens with zero attached hydrogens (tertiary/aromatic N) is 1. The van der Waals surface area contributed by atoms with Gasteiger partial charge >= 0.3 is 0 Å². The lowest BCUT2D eigenvalue weighted by Gasteiger charge is -2.31. The molecule has 1 aromatic rings. The maximum absolute atomic E-state index is 6.05. The van der Waals surface area contributed by atoms with Crippen molar-refractivity contribution < 1.29 is 4.74 Å². The predicted molar refractivity (Wildman–Crippen MR) is 95.4 cm³/mol. The van der Waals surface area contributed by atoms with Gasteiger partial charge in [-0.1, -0.05) is 35.7 Å². The molecule has 2 rings (SSSR count). The van der Waals surface area contributed by atoms with Crippen LogP contribution in [0.15, 0.2) is 29.3 Å². The molecule has 0 spiro atoms. The monoisotopic (exact) mass is 313 g/mol. The lowest BCUT2D eigenvalue weighted by atomic mass is 9.89. The van der Waals surface area contributed by atoms with Crippen molar-refractivity contribution in [1.82, 2.24) is 10.6 Å². The molecule has 0 saturated carbocycles. The summed E-state index contributed by atoms with van der Waals surface area (Å²) in [6.45, 7) is 7.01. The summed E-state index contributed by atoms with van der Waals surface area (Å²) in [7, 11) is 0. The van der Waals surface area contributed by atoms with Gasteiger partial charge in [0.05, 0.1) is 12.6 Å². The summed E-state index contributed by atoms with van der Waals surface area (Å²) in [6, 6.07) is 8.63. The van der Waals surface area contributed by atoms with Gasteiger partial charge in [-0.2, -0.15) is 0 Å². The standard InChI is InChI=1S/C19H27N3O/c1-4-12-21-19(20-5-2)22-14-17-7-6-13-23-18(17)16-10-8-15(3)9-11-16/h1,8-11,17-18H,5-7,12-14H2,2-3H3,(H2,20,21,22). The Kier molecular flexibility index (Phi) is 6.96. The summed E-state index contributed by atoms with van der Waals surface area (Å²) in [4.78, 5) is 4.69. The van der Waals surface area contributed by atoms with Gasteiger partial charge in [-0.25, -0.2) is 0 Å². The Bertz CT molecular complexity index is 545. The van der Waals surface area contributed by atoms with Crippen LogP contribution in [0.5, 0.6) is 0 Å². The summed E-state index contributed by atoms with van der Waals surface area (Å²) in [5.41, 5.74) is 2.52. The molecular formula is C19H27N3O. The summed E-state index contributed by atoms with van der Waals surface area (Å²) in [5.74, 6) is 3.75. The van der Waals surface area contributed by atoms with Crippen LogP contribution in [0.2, 0.25) is 0 Å². The van der Waals surface area contributed by atoms with Crippen LogP contribution in [0.4, 0.5) is 0 Å². The predicted octanol–water partition coefficient (Wildman–Crippen LogP) is 2.65. The van der Waals surface area contributed by atoms with E-state index >= 15 is 0 Å². The summed E-state index contributed by atoms with van der Waals surface area (Å²) >= 11 is 0. The number of rotatable bonds is 5. The van der Waals surface area contributed by atoms with Crippen LogP contribution in [0.25, 0.3) is 0 Å². The third-order valence-corrected chi connectivity index (χ3v) is 4.04. The molecule has 0 amide bonds. The maximum atomic E-state index is 6.05. The van der Waals surface area contributed by atoms with E-state index in [9.17, 15) is 0 Å². The SMILES string of the molecule is C#CCNC(=NCC1CCCOC1c1ccc(C)cc1)NCC. The summed E-state index contributed by atoms with van der Waals surface area (Å²) < 4.78 is 6.05. The van der Waals surface area contributed by atoms with Crippen LogP contribution in [0.1, 0.15) is 37.0 Å². The van der Waals surface area contributed by atoms with Crippen LogP contribution >= 0.6 is 0 Å². The molecular weight excluding hydrogens is 286 g/mol. The third kappa shape index (κ3) is 5.30. The number of hydrogen-bond donors (Lipinski definition) is 2. The fourth-order valence-electron chi connectivity index (χ4n) is 2.84. The molecule has 1 saturated heterocycles. The first kappa shape index (κ1) is 17.4. The van der Waals surface area contributed by atoms with Crippen molar-refractivity contribution in [2.24, 2.45) is 10.9 Å². The smallest absolute Gasteiger partial charge is 0.192 e.